The second-order valence-electron chi connectivity index (χ2n) is 21.0. The molecule has 0 atom stereocenters. The smallest absolute Gasteiger partial charge is 0.143 e. The highest BCUT2D eigenvalue weighted by atomic mass is 16.3. The Labute approximate surface area is 455 Å². The van der Waals surface area contributed by atoms with Gasteiger partial charge in [0.05, 0.1) is 0 Å². The van der Waals surface area contributed by atoms with Gasteiger partial charge in [0.1, 0.15) is 44.7 Å². The first-order valence-corrected chi connectivity index (χ1v) is 27.1. The molecule has 0 spiro atoms. The van der Waals surface area contributed by atoms with Gasteiger partial charge in [-0.2, -0.15) is 0 Å². The van der Waals surface area contributed by atoms with Crippen LogP contribution in [0, 0.1) is 0 Å². The van der Waals surface area contributed by atoms with E-state index in [0.29, 0.717) is 0 Å². The molecule has 0 N–H and O–H groups in total. The fraction of sp³-hybridized carbons (Fsp3) is 0. The molecule has 6 heteroatoms. The van der Waals surface area contributed by atoms with E-state index < -0.39 is 0 Å². The van der Waals surface area contributed by atoms with Gasteiger partial charge in [-0.15, -0.1) is 0 Å². The second kappa shape index (κ2) is 16.4. The van der Waals surface area contributed by atoms with Crippen molar-refractivity contribution in [1.29, 1.82) is 0 Å². The Balaban J connectivity index is 0.753. The highest BCUT2D eigenvalue weighted by Gasteiger charge is 2.24. The number of rotatable bonds is 6. The lowest BCUT2D eigenvalue weighted by Crippen LogP contribution is -2.09. The molecule has 0 saturated heterocycles. The van der Waals surface area contributed by atoms with E-state index >= 15 is 0 Å². The van der Waals surface area contributed by atoms with E-state index in [1.807, 2.05) is 0 Å². The van der Waals surface area contributed by atoms with E-state index in [9.17, 15) is 0 Å². The number of hydrogen-bond acceptors (Lipinski definition) is 6. The molecule has 80 heavy (non-hydrogen) atoms. The topological polar surface area (TPSA) is 59.0 Å². The maximum Gasteiger partial charge on any atom is 0.143 e. The molecule has 0 aliphatic carbocycles. The van der Waals surface area contributed by atoms with Gasteiger partial charge in [0.15, 0.2) is 0 Å². The maximum atomic E-state index is 6.88. The van der Waals surface area contributed by atoms with Crippen molar-refractivity contribution in [1.82, 2.24) is 0 Å². The second-order valence-corrected chi connectivity index (χ2v) is 21.0. The van der Waals surface area contributed by atoms with Gasteiger partial charge in [-0.3, -0.25) is 0 Å². The summed E-state index contributed by atoms with van der Waals surface area (Å²) in [6, 6.07) is 90.3. The molecule has 6 nitrogen and oxygen atoms in total. The zero-order chi connectivity index (χ0) is 52.2. The summed E-state index contributed by atoms with van der Waals surface area (Å²) in [4.78, 5) is 4.56. The van der Waals surface area contributed by atoms with Gasteiger partial charge < -0.3 is 27.5 Å². The number of nitrogens with zero attached hydrogens (tertiary/aromatic N) is 2. The number of furan rings is 4. The third-order valence-electron chi connectivity index (χ3n) is 16.8. The van der Waals surface area contributed by atoms with Crippen molar-refractivity contribution in [2.45, 2.75) is 0 Å². The SMILES string of the molecule is c1ccc(N(c2ccc3c(c2)oc2ccc4c(ccc5oc6cc(N(c7ccccc7)c7ccc8c(c7)oc7c9ccccc9c9ccccc9c87)ccc6c54)c23)c2ccc3c(c2)oc2c4ccccc4c4ccccc4c32)cc1. The summed E-state index contributed by atoms with van der Waals surface area (Å²) in [6.07, 6.45) is 0. The van der Waals surface area contributed by atoms with Gasteiger partial charge in [0, 0.05) is 112 Å². The molecular weight excluding hydrogens is 981 g/mol. The van der Waals surface area contributed by atoms with Crippen molar-refractivity contribution in [2.75, 3.05) is 9.80 Å². The van der Waals surface area contributed by atoms with Gasteiger partial charge in [0.25, 0.3) is 0 Å². The zero-order valence-electron chi connectivity index (χ0n) is 42.8. The van der Waals surface area contributed by atoms with Crippen LogP contribution in [0.15, 0.2) is 272 Å². The van der Waals surface area contributed by atoms with E-state index in [-0.39, 0.29) is 0 Å². The predicted octanol–water partition coefficient (Wildman–Crippen LogP) is 22.0. The Bertz CT molecular complexity index is 5280. The van der Waals surface area contributed by atoms with Crippen molar-refractivity contribution in [3.05, 3.63) is 255 Å². The first kappa shape index (κ1) is 43.3. The number of benzene rings is 14. The van der Waals surface area contributed by atoms with Crippen LogP contribution in [0.1, 0.15) is 0 Å². The normalized spacial score (nSPS) is 12.2. The van der Waals surface area contributed by atoms with Crippen LogP contribution in [0.25, 0.3) is 142 Å². The fourth-order valence-corrected chi connectivity index (χ4v) is 13.3. The summed E-state index contributed by atoms with van der Waals surface area (Å²) < 4.78 is 27.4. The number of anilines is 6. The van der Waals surface area contributed by atoms with Crippen LogP contribution >= 0.6 is 0 Å². The summed E-state index contributed by atoms with van der Waals surface area (Å²) >= 11 is 0. The minimum Gasteiger partial charge on any atom is -0.456 e. The van der Waals surface area contributed by atoms with E-state index in [4.69, 9.17) is 17.7 Å². The Morgan fingerprint density at radius 3 is 0.825 bits per heavy atom. The number of fused-ring (bicyclic) bond motifs is 25. The maximum absolute atomic E-state index is 6.88. The number of hydrogen-bond donors (Lipinski definition) is 0. The van der Waals surface area contributed by atoms with E-state index in [1.54, 1.807) is 0 Å². The minimum atomic E-state index is 0.805. The largest absolute Gasteiger partial charge is 0.456 e. The van der Waals surface area contributed by atoms with Crippen molar-refractivity contribution in [3.8, 4) is 0 Å². The molecule has 0 unspecified atom stereocenters. The fourth-order valence-electron chi connectivity index (χ4n) is 13.3. The first-order valence-electron chi connectivity index (χ1n) is 27.1. The third-order valence-corrected chi connectivity index (χ3v) is 16.8. The van der Waals surface area contributed by atoms with Crippen LogP contribution in [-0.2, 0) is 0 Å². The van der Waals surface area contributed by atoms with Crippen LogP contribution in [0.3, 0.4) is 0 Å². The van der Waals surface area contributed by atoms with Crippen molar-refractivity contribution >= 4 is 176 Å². The van der Waals surface area contributed by atoms with Gasteiger partial charge in [-0.05, 0) is 140 Å². The Kier molecular flexibility index (Phi) is 8.85. The average Bonchev–Trinajstić information content (AvgIpc) is 4.46. The number of para-hydroxylation sites is 2. The van der Waals surface area contributed by atoms with Crippen LogP contribution in [0.4, 0.5) is 34.1 Å². The lowest BCUT2D eigenvalue weighted by molar-refractivity contribution is 0.668. The molecule has 0 amide bonds. The summed E-state index contributed by atoms with van der Waals surface area (Å²) in [5.41, 5.74) is 12.7. The summed E-state index contributed by atoms with van der Waals surface area (Å²) in [5, 5.41) is 20.3. The molecule has 0 saturated carbocycles. The molecule has 0 radical (unpaired) electrons. The monoisotopic (exact) mass is 1020 g/mol. The predicted molar refractivity (Wildman–Crippen MR) is 332 cm³/mol. The first-order chi connectivity index (χ1) is 39.7. The van der Waals surface area contributed by atoms with Crippen molar-refractivity contribution in [3.63, 3.8) is 0 Å². The molecule has 4 heterocycles. The Morgan fingerprint density at radius 1 is 0.175 bits per heavy atom. The summed E-state index contributed by atoms with van der Waals surface area (Å²) in [6.45, 7) is 0. The van der Waals surface area contributed by atoms with Crippen molar-refractivity contribution in [2.24, 2.45) is 0 Å². The molecule has 0 bridgehead atoms. The molecule has 0 fully saturated rings. The molecular formula is C74H42N2O4. The van der Waals surface area contributed by atoms with Gasteiger partial charge >= 0.3 is 0 Å². The molecule has 0 aliphatic rings. The van der Waals surface area contributed by atoms with E-state index in [1.165, 1.54) is 32.3 Å². The van der Waals surface area contributed by atoms with Gasteiger partial charge in [0.2, 0.25) is 0 Å². The standard InChI is InChI=1S/C74H42N2O4/c1-3-15-43(16-4-1)75(47-29-33-61-67(41-47)79-73-57-25-13-9-21-51(57)49-19-7-11-23-53(49)71(61)73)45-27-31-59-65(39-45)77-63-37-35-56-55(69(59)63)36-38-64-70(56)60-32-28-46(40-66(60)78-64)76(44-17-5-2-6-18-44)48-30-34-62-68(42-48)80-74-58-26-14-10-22-52(58)50-20-8-12-24-54(50)72(62)74/h1-42H. The van der Waals surface area contributed by atoms with Crippen LogP contribution in [0.2, 0.25) is 0 Å². The van der Waals surface area contributed by atoms with Gasteiger partial charge in [-0.1, -0.05) is 133 Å². The third kappa shape index (κ3) is 6.12. The Morgan fingerprint density at radius 2 is 0.450 bits per heavy atom. The average molecular weight is 1020 g/mol. The molecule has 0 aliphatic heterocycles. The van der Waals surface area contributed by atoms with Crippen LogP contribution in [0.5, 0.6) is 0 Å². The minimum absolute atomic E-state index is 0.805. The zero-order valence-corrected chi connectivity index (χ0v) is 42.8. The molecule has 4 aromatic heterocycles. The van der Waals surface area contributed by atoms with Gasteiger partial charge in [-0.25, -0.2) is 0 Å². The van der Waals surface area contributed by atoms with Crippen LogP contribution in [-0.4, -0.2) is 0 Å². The van der Waals surface area contributed by atoms with Crippen LogP contribution < -0.4 is 9.80 Å². The molecule has 14 aromatic carbocycles. The molecule has 18 aromatic rings. The highest BCUT2D eigenvalue weighted by Crippen LogP contribution is 2.48. The van der Waals surface area contributed by atoms with Crippen molar-refractivity contribution < 1.29 is 17.7 Å². The molecule has 372 valence electrons. The van der Waals surface area contributed by atoms with E-state index in [2.05, 4.69) is 265 Å². The summed E-state index contributed by atoms with van der Waals surface area (Å²) in [7, 11) is 0. The molecule has 18 rings (SSSR count). The van der Waals surface area contributed by atoms with E-state index in [0.717, 1.165) is 143 Å². The quantitative estimate of drug-likeness (QED) is 0.155. The lowest BCUT2D eigenvalue weighted by atomic mass is 9.97. The highest BCUT2D eigenvalue weighted by molar-refractivity contribution is 6.32. The lowest BCUT2D eigenvalue weighted by Gasteiger charge is -2.25. The summed E-state index contributed by atoms with van der Waals surface area (Å²) in [5.74, 6) is 0. The Hall–Kier alpha value is -10.8.